The molecule has 0 radical (unpaired) electrons. The van der Waals surface area contributed by atoms with Crippen molar-refractivity contribution in [2.24, 2.45) is 5.92 Å². The van der Waals surface area contributed by atoms with Crippen LogP contribution in [0.1, 0.15) is 46.0 Å². The molecule has 0 aliphatic carbocycles. The molecule has 2 saturated heterocycles. The topological polar surface area (TPSA) is 69.6 Å². The third-order valence-electron chi connectivity index (χ3n) is 4.30. The summed E-state index contributed by atoms with van der Waals surface area (Å²) in [6, 6.07) is -0.671. The first kappa shape index (κ1) is 14.3. The van der Waals surface area contributed by atoms with Crippen molar-refractivity contribution < 1.29 is 14.7 Å². The molecule has 108 valence electrons. The molecule has 19 heavy (non-hydrogen) atoms. The fourth-order valence-electron chi connectivity index (χ4n) is 3.26. The Bertz CT molecular complexity index is 362. The monoisotopic (exact) mass is 268 g/mol. The Labute approximate surface area is 114 Å². The van der Waals surface area contributed by atoms with Crippen LogP contribution in [0.25, 0.3) is 0 Å². The third kappa shape index (κ3) is 2.76. The number of hydrogen-bond acceptors (Lipinski definition) is 3. The summed E-state index contributed by atoms with van der Waals surface area (Å²) in [5, 5.41) is 12.7. The van der Waals surface area contributed by atoms with Crippen LogP contribution in [0.4, 0.5) is 0 Å². The maximum atomic E-state index is 12.6. The van der Waals surface area contributed by atoms with Gasteiger partial charge in [-0.2, -0.15) is 0 Å². The van der Waals surface area contributed by atoms with Gasteiger partial charge in [0.25, 0.3) is 0 Å². The first-order chi connectivity index (χ1) is 8.96. The zero-order chi connectivity index (χ0) is 14.0. The number of carboxylic acid groups (broad SMARTS) is 1. The minimum Gasteiger partial charge on any atom is -0.480 e. The predicted molar refractivity (Wildman–Crippen MR) is 71.8 cm³/mol. The van der Waals surface area contributed by atoms with Crippen LogP contribution in [0.2, 0.25) is 0 Å². The van der Waals surface area contributed by atoms with Gasteiger partial charge in [-0.25, -0.2) is 4.79 Å². The van der Waals surface area contributed by atoms with Gasteiger partial charge in [0.05, 0.1) is 5.54 Å². The molecular formula is C14H24N2O3. The summed E-state index contributed by atoms with van der Waals surface area (Å²) in [5.74, 6) is -0.611. The van der Waals surface area contributed by atoms with E-state index in [0.29, 0.717) is 13.0 Å². The van der Waals surface area contributed by atoms with Crippen molar-refractivity contribution in [2.75, 3.05) is 13.1 Å². The lowest BCUT2D eigenvalue weighted by molar-refractivity contribution is -0.150. The highest BCUT2D eigenvalue weighted by Gasteiger charge is 2.49. The van der Waals surface area contributed by atoms with Crippen molar-refractivity contribution in [3.8, 4) is 0 Å². The second-order valence-corrected chi connectivity index (χ2v) is 6.20. The molecule has 0 unspecified atom stereocenters. The number of likely N-dealkylation sites (tertiary alicyclic amines) is 1. The molecule has 2 fully saturated rings. The molecule has 0 bridgehead atoms. The van der Waals surface area contributed by atoms with E-state index in [9.17, 15) is 14.7 Å². The van der Waals surface area contributed by atoms with E-state index in [1.54, 1.807) is 4.90 Å². The molecule has 2 aliphatic heterocycles. The smallest absolute Gasteiger partial charge is 0.326 e. The number of nitrogens with zero attached hydrogens (tertiary/aromatic N) is 1. The average molecular weight is 268 g/mol. The van der Waals surface area contributed by atoms with E-state index in [1.807, 2.05) is 13.8 Å². The molecule has 5 heteroatoms. The summed E-state index contributed by atoms with van der Waals surface area (Å²) in [6.45, 7) is 5.41. The number of piperidine rings is 1. The summed E-state index contributed by atoms with van der Waals surface area (Å²) >= 11 is 0. The van der Waals surface area contributed by atoms with E-state index in [-0.39, 0.29) is 11.8 Å². The number of nitrogens with one attached hydrogen (secondary N) is 1. The summed E-state index contributed by atoms with van der Waals surface area (Å²) in [4.78, 5) is 25.6. The highest BCUT2D eigenvalue weighted by atomic mass is 16.4. The Morgan fingerprint density at radius 3 is 2.68 bits per heavy atom. The lowest BCUT2D eigenvalue weighted by atomic mass is 9.87. The van der Waals surface area contributed by atoms with Crippen LogP contribution in [-0.2, 0) is 9.59 Å². The number of rotatable bonds is 4. The van der Waals surface area contributed by atoms with Crippen molar-refractivity contribution >= 4 is 11.9 Å². The van der Waals surface area contributed by atoms with Crippen LogP contribution in [0.5, 0.6) is 0 Å². The molecule has 2 heterocycles. The minimum atomic E-state index is -0.880. The molecule has 2 atom stereocenters. The van der Waals surface area contributed by atoms with E-state index >= 15 is 0 Å². The Balaban J connectivity index is 2.12. The van der Waals surface area contributed by atoms with Gasteiger partial charge in [-0.15, -0.1) is 0 Å². The van der Waals surface area contributed by atoms with Gasteiger partial charge in [-0.05, 0) is 44.6 Å². The summed E-state index contributed by atoms with van der Waals surface area (Å²) < 4.78 is 0. The van der Waals surface area contributed by atoms with Crippen LogP contribution < -0.4 is 5.32 Å². The maximum absolute atomic E-state index is 12.6. The van der Waals surface area contributed by atoms with Crippen molar-refractivity contribution in [3.05, 3.63) is 0 Å². The average Bonchev–Trinajstić information content (AvgIpc) is 2.65. The van der Waals surface area contributed by atoms with Gasteiger partial charge in [0.2, 0.25) is 5.91 Å². The number of hydrogen-bond donors (Lipinski definition) is 2. The van der Waals surface area contributed by atoms with Crippen molar-refractivity contribution in [3.63, 3.8) is 0 Å². The summed E-state index contributed by atoms with van der Waals surface area (Å²) in [5.41, 5.74) is -0.469. The van der Waals surface area contributed by atoms with E-state index in [1.165, 1.54) is 0 Å². The van der Waals surface area contributed by atoms with Gasteiger partial charge >= 0.3 is 5.97 Å². The molecule has 5 nitrogen and oxygen atoms in total. The molecule has 0 aromatic rings. The highest BCUT2D eigenvalue weighted by molar-refractivity contribution is 5.92. The molecule has 0 aromatic carbocycles. The molecule has 0 saturated carbocycles. The Kier molecular flexibility index (Phi) is 4.13. The third-order valence-corrected chi connectivity index (χ3v) is 4.30. The number of aliphatic carboxylic acids is 1. The van der Waals surface area contributed by atoms with E-state index in [0.717, 1.165) is 32.2 Å². The predicted octanol–water partition coefficient (Wildman–Crippen LogP) is 1.23. The fourth-order valence-corrected chi connectivity index (χ4v) is 3.26. The Morgan fingerprint density at radius 1 is 1.42 bits per heavy atom. The van der Waals surface area contributed by atoms with Gasteiger partial charge in [0, 0.05) is 6.54 Å². The normalized spacial score (nSPS) is 29.2. The highest BCUT2D eigenvalue weighted by Crippen LogP contribution is 2.33. The SMILES string of the molecule is CC(C)C[C@@H](C(=O)O)N1CC[C@@]2(CCCCN2)C1=O. The molecule has 2 N–H and O–H groups in total. The Hall–Kier alpha value is -1.10. The van der Waals surface area contributed by atoms with E-state index in [2.05, 4.69) is 5.32 Å². The first-order valence-corrected chi connectivity index (χ1v) is 7.25. The van der Waals surface area contributed by atoms with Gasteiger partial charge in [-0.1, -0.05) is 13.8 Å². The van der Waals surface area contributed by atoms with Crippen molar-refractivity contribution in [1.29, 1.82) is 0 Å². The van der Waals surface area contributed by atoms with Gasteiger partial charge < -0.3 is 15.3 Å². The van der Waals surface area contributed by atoms with E-state index in [4.69, 9.17) is 0 Å². The van der Waals surface area contributed by atoms with Gasteiger partial charge in [0.15, 0.2) is 0 Å². The van der Waals surface area contributed by atoms with Crippen LogP contribution in [0.3, 0.4) is 0 Å². The quantitative estimate of drug-likeness (QED) is 0.804. The molecule has 0 aromatic heterocycles. The number of carboxylic acids is 1. The largest absolute Gasteiger partial charge is 0.480 e. The minimum absolute atomic E-state index is 0.000231. The number of amides is 1. The van der Waals surface area contributed by atoms with Crippen LogP contribution >= 0.6 is 0 Å². The van der Waals surface area contributed by atoms with Crippen LogP contribution in [-0.4, -0.2) is 46.6 Å². The van der Waals surface area contributed by atoms with Crippen molar-refractivity contribution in [1.82, 2.24) is 10.2 Å². The fraction of sp³-hybridized carbons (Fsp3) is 0.857. The number of carbonyl (C=O) groups excluding carboxylic acids is 1. The molecule has 2 aliphatic rings. The summed E-state index contributed by atoms with van der Waals surface area (Å²) in [6.07, 6.45) is 4.26. The molecule has 2 rings (SSSR count). The van der Waals surface area contributed by atoms with Crippen LogP contribution in [0.15, 0.2) is 0 Å². The van der Waals surface area contributed by atoms with Crippen LogP contribution in [0, 0.1) is 5.92 Å². The zero-order valence-electron chi connectivity index (χ0n) is 11.8. The lowest BCUT2D eigenvalue weighted by Gasteiger charge is -2.34. The summed E-state index contributed by atoms with van der Waals surface area (Å²) in [7, 11) is 0. The van der Waals surface area contributed by atoms with E-state index < -0.39 is 17.6 Å². The first-order valence-electron chi connectivity index (χ1n) is 7.25. The second-order valence-electron chi connectivity index (χ2n) is 6.20. The Morgan fingerprint density at radius 2 is 2.16 bits per heavy atom. The van der Waals surface area contributed by atoms with Crippen molar-refractivity contribution in [2.45, 2.75) is 57.5 Å². The maximum Gasteiger partial charge on any atom is 0.326 e. The second kappa shape index (κ2) is 5.49. The lowest BCUT2D eigenvalue weighted by Crippen LogP contribution is -2.56. The molecule has 1 amide bonds. The molecule has 1 spiro atoms. The molecular weight excluding hydrogens is 244 g/mol. The number of carbonyl (C=O) groups is 2. The standard InChI is InChI=1S/C14H24N2O3/c1-10(2)9-11(12(17)18)16-8-6-14(13(16)19)5-3-4-7-15-14/h10-11,15H,3-9H2,1-2H3,(H,17,18)/t11-,14-/m0/s1. The van der Waals surface area contributed by atoms with Gasteiger partial charge in [0.1, 0.15) is 6.04 Å². The zero-order valence-corrected chi connectivity index (χ0v) is 11.8. The van der Waals surface area contributed by atoms with Gasteiger partial charge in [-0.3, -0.25) is 4.79 Å².